The number of nitrogens with two attached hydrogens (primary N) is 1. The number of hydrogen-bond acceptors (Lipinski definition) is 7. The highest BCUT2D eigenvalue weighted by molar-refractivity contribution is 5.86. The first-order chi connectivity index (χ1) is 15.3. The lowest BCUT2D eigenvalue weighted by Gasteiger charge is -2.57. The fourth-order valence-corrected chi connectivity index (χ4v) is 5.27. The topological polar surface area (TPSA) is 108 Å². The number of aromatic nitrogens is 4. The summed E-state index contributed by atoms with van der Waals surface area (Å²) in [7, 11) is 1.55. The van der Waals surface area contributed by atoms with Crippen LogP contribution in [0.5, 0.6) is 5.75 Å². The minimum atomic E-state index is -2.48. The molecule has 2 aromatic heterocycles. The summed E-state index contributed by atoms with van der Waals surface area (Å²) in [5.41, 5.74) is 8.39. The molecule has 0 bridgehead atoms. The molecule has 32 heavy (non-hydrogen) atoms. The van der Waals surface area contributed by atoms with Crippen molar-refractivity contribution in [2.45, 2.75) is 38.2 Å². The summed E-state index contributed by atoms with van der Waals surface area (Å²) in [6, 6.07) is 5.22. The van der Waals surface area contributed by atoms with Gasteiger partial charge in [0.2, 0.25) is 11.9 Å². The van der Waals surface area contributed by atoms with Gasteiger partial charge in [0.1, 0.15) is 23.1 Å². The Balaban J connectivity index is 1.35. The van der Waals surface area contributed by atoms with Crippen LogP contribution in [0.2, 0.25) is 0 Å². The number of carbonyl (C=O) groups excluding carboxylic acids is 1. The predicted octanol–water partition coefficient (Wildman–Crippen LogP) is 3.52. The standard InChI is InChI=1S/C22H24F2N6O2/c1-32-17-4-13(10-31)2-3-15(17)9-30-18-16(8-27-30)28-20(25)29-19(18)26-7-14-5-21(6-14)11-22(23,24)12-21/h2-4,8,10,14H,5-7,9,11-12H2,1H3,(H3,25,26,28,29). The highest BCUT2D eigenvalue weighted by Crippen LogP contribution is 2.64. The van der Waals surface area contributed by atoms with Crippen LogP contribution in [0.4, 0.5) is 20.5 Å². The van der Waals surface area contributed by atoms with Crippen LogP contribution in [0.3, 0.4) is 0 Å². The number of nitrogens with one attached hydrogen (secondary N) is 1. The van der Waals surface area contributed by atoms with Crippen molar-refractivity contribution in [2.75, 3.05) is 24.7 Å². The molecule has 0 atom stereocenters. The summed E-state index contributed by atoms with van der Waals surface area (Å²) >= 11 is 0. The molecule has 1 aromatic carbocycles. The third kappa shape index (κ3) is 3.63. The van der Waals surface area contributed by atoms with Gasteiger partial charge in [-0.15, -0.1) is 0 Å². The van der Waals surface area contributed by atoms with Crippen LogP contribution in [0, 0.1) is 11.3 Å². The highest BCUT2D eigenvalue weighted by atomic mass is 19.3. The zero-order valence-corrected chi connectivity index (χ0v) is 17.6. The number of hydrogen-bond donors (Lipinski definition) is 2. The molecule has 3 N–H and O–H groups in total. The summed E-state index contributed by atoms with van der Waals surface area (Å²) in [6.45, 7) is 1.01. The zero-order chi connectivity index (χ0) is 22.5. The minimum Gasteiger partial charge on any atom is -0.496 e. The molecule has 8 nitrogen and oxygen atoms in total. The molecule has 3 aromatic rings. The Bertz CT molecular complexity index is 1180. The van der Waals surface area contributed by atoms with E-state index in [0.717, 1.165) is 24.7 Å². The molecule has 168 valence electrons. The number of halogens is 2. The number of aldehydes is 1. The average Bonchev–Trinajstić information content (AvgIpc) is 3.11. The van der Waals surface area contributed by atoms with Gasteiger partial charge in [0.05, 0.1) is 19.9 Å². The SMILES string of the molecule is COc1cc(C=O)ccc1Cn1ncc2nc(N)nc(NCC3CC4(C3)CC(F)(F)C4)c21. The summed E-state index contributed by atoms with van der Waals surface area (Å²) in [4.78, 5) is 19.7. The molecule has 2 fully saturated rings. The van der Waals surface area contributed by atoms with E-state index in [0.29, 0.717) is 47.2 Å². The summed E-state index contributed by atoms with van der Waals surface area (Å²) < 4.78 is 33.7. The van der Waals surface area contributed by atoms with Crippen LogP contribution >= 0.6 is 0 Å². The lowest BCUT2D eigenvalue weighted by molar-refractivity contribution is -0.204. The van der Waals surface area contributed by atoms with Crippen molar-refractivity contribution in [3.8, 4) is 5.75 Å². The Labute approximate surface area is 183 Å². The van der Waals surface area contributed by atoms with Crippen molar-refractivity contribution in [3.05, 3.63) is 35.5 Å². The van der Waals surface area contributed by atoms with E-state index in [1.165, 1.54) is 0 Å². The molecule has 0 saturated heterocycles. The first-order valence-electron chi connectivity index (χ1n) is 10.5. The van der Waals surface area contributed by atoms with Gasteiger partial charge in [-0.25, -0.2) is 13.8 Å². The summed E-state index contributed by atoms with van der Waals surface area (Å²) in [5.74, 6) is -0.876. The summed E-state index contributed by atoms with van der Waals surface area (Å²) in [5, 5.41) is 7.78. The Hall–Kier alpha value is -3.30. The van der Waals surface area contributed by atoms with E-state index in [2.05, 4.69) is 20.4 Å². The molecule has 2 heterocycles. The number of alkyl halides is 2. The second-order valence-electron chi connectivity index (χ2n) is 9.02. The van der Waals surface area contributed by atoms with Gasteiger partial charge in [0, 0.05) is 30.5 Å². The van der Waals surface area contributed by atoms with Crippen LogP contribution in [-0.4, -0.2) is 45.6 Å². The fraction of sp³-hybridized carbons (Fsp3) is 0.455. The van der Waals surface area contributed by atoms with E-state index in [9.17, 15) is 13.6 Å². The first kappa shape index (κ1) is 20.6. The maximum absolute atomic E-state index is 13.3. The number of nitrogens with zero attached hydrogens (tertiary/aromatic N) is 4. The van der Waals surface area contributed by atoms with Crippen molar-refractivity contribution in [1.82, 2.24) is 19.7 Å². The maximum atomic E-state index is 13.3. The van der Waals surface area contributed by atoms with E-state index < -0.39 is 5.92 Å². The number of benzene rings is 1. The van der Waals surface area contributed by atoms with E-state index in [-0.39, 0.29) is 24.2 Å². The molecule has 2 aliphatic carbocycles. The smallest absolute Gasteiger partial charge is 0.249 e. The van der Waals surface area contributed by atoms with Gasteiger partial charge in [0.25, 0.3) is 0 Å². The number of anilines is 2. The second-order valence-corrected chi connectivity index (χ2v) is 9.02. The number of nitrogen functional groups attached to an aromatic ring is 1. The number of rotatable bonds is 7. The van der Waals surface area contributed by atoms with Crippen LogP contribution in [0.15, 0.2) is 24.4 Å². The predicted molar refractivity (Wildman–Crippen MR) is 115 cm³/mol. The van der Waals surface area contributed by atoms with Gasteiger partial charge in [-0.3, -0.25) is 9.48 Å². The number of fused-ring (bicyclic) bond motifs is 1. The van der Waals surface area contributed by atoms with E-state index in [4.69, 9.17) is 10.5 Å². The van der Waals surface area contributed by atoms with E-state index in [1.54, 1.807) is 30.1 Å². The molecular formula is C22H24F2N6O2. The lowest BCUT2D eigenvalue weighted by atomic mass is 9.50. The Morgan fingerprint density at radius 2 is 2.09 bits per heavy atom. The van der Waals surface area contributed by atoms with Crippen LogP contribution in [0.1, 0.15) is 41.6 Å². The normalized spacial score (nSPS) is 18.8. The van der Waals surface area contributed by atoms with Gasteiger partial charge in [-0.1, -0.05) is 12.1 Å². The molecule has 10 heteroatoms. The molecule has 0 radical (unpaired) electrons. The van der Waals surface area contributed by atoms with Crippen molar-refractivity contribution >= 4 is 29.1 Å². The molecule has 0 aliphatic heterocycles. The third-order valence-corrected chi connectivity index (χ3v) is 6.54. The number of ether oxygens (including phenoxy) is 1. The monoisotopic (exact) mass is 442 g/mol. The van der Waals surface area contributed by atoms with Gasteiger partial charge < -0.3 is 15.8 Å². The van der Waals surface area contributed by atoms with Crippen molar-refractivity contribution in [3.63, 3.8) is 0 Å². The maximum Gasteiger partial charge on any atom is 0.249 e. The largest absolute Gasteiger partial charge is 0.496 e. The first-order valence-corrected chi connectivity index (χ1v) is 10.5. The summed E-state index contributed by atoms with van der Waals surface area (Å²) in [6.07, 6.45) is 4.03. The molecule has 0 unspecified atom stereocenters. The Kier molecular flexibility index (Phi) is 4.75. The fourth-order valence-electron chi connectivity index (χ4n) is 5.27. The van der Waals surface area contributed by atoms with Crippen LogP contribution in [-0.2, 0) is 6.54 Å². The van der Waals surface area contributed by atoms with Crippen molar-refractivity contribution < 1.29 is 18.3 Å². The van der Waals surface area contributed by atoms with Crippen LogP contribution in [0.25, 0.3) is 11.0 Å². The quantitative estimate of drug-likeness (QED) is 0.539. The van der Waals surface area contributed by atoms with Gasteiger partial charge in [0.15, 0.2) is 5.82 Å². The molecule has 5 rings (SSSR count). The van der Waals surface area contributed by atoms with Crippen molar-refractivity contribution in [1.29, 1.82) is 0 Å². The number of carbonyl (C=O) groups is 1. The van der Waals surface area contributed by atoms with Crippen LogP contribution < -0.4 is 15.8 Å². The van der Waals surface area contributed by atoms with Gasteiger partial charge in [-0.2, -0.15) is 10.1 Å². The minimum absolute atomic E-state index is 0.0126. The average molecular weight is 442 g/mol. The highest BCUT2D eigenvalue weighted by Gasteiger charge is 2.61. The molecule has 2 saturated carbocycles. The van der Waals surface area contributed by atoms with E-state index >= 15 is 0 Å². The molecular weight excluding hydrogens is 418 g/mol. The molecule has 0 amide bonds. The molecule has 1 spiro atoms. The third-order valence-electron chi connectivity index (χ3n) is 6.54. The van der Waals surface area contributed by atoms with E-state index in [1.807, 2.05) is 6.07 Å². The Morgan fingerprint density at radius 3 is 2.78 bits per heavy atom. The van der Waals surface area contributed by atoms with Gasteiger partial charge in [-0.05, 0) is 30.2 Å². The zero-order valence-electron chi connectivity index (χ0n) is 17.6. The second kappa shape index (κ2) is 7.39. The van der Waals surface area contributed by atoms with Gasteiger partial charge >= 0.3 is 0 Å². The van der Waals surface area contributed by atoms with Crippen molar-refractivity contribution in [2.24, 2.45) is 11.3 Å². The Morgan fingerprint density at radius 1 is 1.31 bits per heavy atom. The molecule has 2 aliphatic rings. The lowest BCUT2D eigenvalue weighted by Crippen LogP contribution is -2.54. The number of methoxy groups -OCH3 is 1.